The largest absolute Gasteiger partial charge is 0.497 e. The van der Waals surface area contributed by atoms with Crippen molar-refractivity contribution in [3.63, 3.8) is 0 Å². The van der Waals surface area contributed by atoms with E-state index in [2.05, 4.69) is 10.3 Å². The van der Waals surface area contributed by atoms with E-state index in [1.807, 2.05) is 42.5 Å². The molecule has 0 radical (unpaired) electrons. The molecule has 0 N–H and O–H groups in total. The van der Waals surface area contributed by atoms with Crippen molar-refractivity contribution >= 4 is 21.1 Å². The SMILES string of the molecule is COc1cc(CCC2CCN(S(=O)(=O)CCn3nnc4ccccc43)CC2)cc(OC)c1. The van der Waals surface area contributed by atoms with E-state index >= 15 is 0 Å². The monoisotopic (exact) mass is 458 g/mol. The summed E-state index contributed by atoms with van der Waals surface area (Å²) in [6.45, 7) is 1.46. The van der Waals surface area contributed by atoms with Gasteiger partial charge in [-0.05, 0) is 61.4 Å². The summed E-state index contributed by atoms with van der Waals surface area (Å²) in [5.41, 5.74) is 2.81. The third kappa shape index (κ3) is 5.21. The lowest BCUT2D eigenvalue weighted by Gasteiger charge is -2.31. The quantitative estimate of drug-likeness (QED) is 0.490. The van der Waals surface area contributed by atoms with Gasteiger partial charge in [0.1, 0.15) is 17.0 Å². The maximum absolute atomic E-state index is 12.9. The summed E-state index contributed by atoms with van der Waals surface area (Å²) in [6.07, 6.45) is 3.71. The van der Waals surface area contributed by atoms with Gasteiger partial charge in [-0.2, -0.15) is 0 Å². The molecule has 0 amide bonds. The van der Waals surface area contributed by atoms with E-state index in [0.29, 0.717) is 25.6 Å². The van der Waals surface area contributed by atoms with Crippen LogP contribution in [0.2, 0.25) is 0 Å². The molecule has 0 aliphatic carbocycles. The van der Waals surface area contributed by atoms with Crippen molar-refractivity contribution in [1.29, 1.82) is 0 Å². The first kappa shape index (κ1) is 22.5. The van der Waals surface area contributed by atoms with E-state index in [9.17, 15) is 8.42 Å². The van der Waals surface area contributed by atoms with Gasteiger partial charge in [-0.3, -0.25) is 0 Å². The Morgan fingerprint density at radius 1 is 1.03 bits per heavy atom. The number of piperidine rings is 1. The second-order valence-corrected chi connectivity index (χ2v) is 10.3. The molecule has 3 aromatic rings. The fraction of sp³-hybridized carbons (Fsp3) is 0.478. The molecular weight excluding hydrogens is 428 g/mol. The van der Waals surface area contributed by atoms with Crippen molar-refractivity contribution in [2.24, 2.45) is 5.92 Å². The highest BCUT2D eigenvalue weighted by molar-refractivity contribution is 7.89. The van der Waals surface area contributed by atoms with Gasteiger partial charge in [-0.1, -0.05) is 17.3 Å². The molecule has 172 valence electrons. The number of rotatable bonds is 9. The number of fused-ring (bicyclic) bond motifs is 1. The second kappa shape index (κ2) is 9.87. The van der Waals surface area contributed by atoms with Crippen molar-refractivity contribution in [1.82, 2.24) is 19.3 Å². The maximum Gasteiger partial charge on any atom is 0.215 e. The second-order valence-electron chi connectivity index (χ2n) is 8.22. The average molecular weight is 459 g/mol. The summed E-state index contributed by atoms with van der Waals surface area (Å²) >= 11 is 0. The standard InChI is InChI=1S/C23H30N4O4S/c1-30-20-15-19(16-21(17-20)31-2)8-7-18-9-11-26(12-10-18)32(28,29)14-13-27-23-6-4-3-5-22(23)24-25-27/h3-6,15-18H,7-14H2,1-2H3. The van der Waals surface area contributed by atoms with Gasteiger partial charge in [0.25, 0.3) is 0 Å². The van der Waals surface area contributed by atoms with Crippen LogP contribution in [0.4, 0.5) is 0 Å². The first-order valence-electron chi connectivity index (χ1n) is 11.0. The van der Waals surface area contributed by atoms with Gasteiger partial charge >= 0.3 is 0 Å². The number of hydrogen-bond donors (Lipinski definition) is 0. The lowest BCUT2D eigenvalue weighted by Crippen LogP contribution is -2.40. The minimum absolute atomic E-state index is 0.0363. The van der Waals surface area contributed by atoms with Crippen LogP contribution in [-0.2, 0) is 23.0 Å². The van der Waals surface area contributed by atoms with Crippen LogP contribution in [0.1, 0.15) is 24.8 Å². The summed E-state index contributed by atoms with van der Waals surface area (Å²) < 4.78 is 39.8. The Labute approximate surface area is 189 Å². The Morgan fingerprint density at radius 3 is 2.41 bits per heavy atom. The molecule has 0 bridgehead atoms. The van der Waals surface area contributed by atoms with Gasteiger partial charge in [0.15, 0.2) is 0 Å². The third-order valence-corrected chi connectivity index (χ3v) is 8.05. The minimum Gasteiger partial charge on any atom is -0.497 e. The van der Waals surface area contributed by atoms with Crippen molar-refractivity contribution in [3.8, 4) is 11.5 Å². The number of benzene rings is 2. The minimum atomic E-state index is -3.32. The predicted octanol–water partition coefficient (Wildman–Crippen LogP) is 3.12. The topological polar surface area (TPSA) is 86.6 Å². The summed E-state index contributed by atoms with van der Waals surface area (Å²) in [5.74, 6) is 2.13. The van der Waals surface area contributed by atoms with Crippen LogP contribution in [0.5, 0.6) is 11.5 Å². The van der Waals surface area contributed by atoms with Crippen LogP contribution in [0.3, 0.4) is 0 Å². The number of para-hydroxylation sites is 1. The van der Waals surface area contributed by atoms with Crippen LogP contribution < -0.4 is 9.47 Å². The Bertz CT molecular complexity index is 1130. The number of methoxy groups -OCH3 is 2. The molecular formula is C23H30N4O4S. The smallest absolute Gasteiger partial charge is 0.215 e. The van der Waals surface area contributed by atoms with E-state index in [0.717, 1.165) is 48.2 Å². The molecule has 32 heavy (non-hydrogen) atoms. The number of hydrogen-bond acceptors (Lipinski definition) is 6. The predicted molar refractivity (Wildman–Crippen MR) is 123 cm³/mol. The molecule has 2 aromatic carbocycles. The molecule has 0 atom stereocenters. The molecule has 0 spiro atoms. The van der Waals surface area contributed by atoms with Gasteiger partial charge < -0.3 is 9.47 Å². The first-order chi connectivity index (χ1) is 15.5. The molecule has 0 saturated carbocycles. The number of nitrogens with zero attached hydrogens (tertiary/aromatic N) is 4. The van der Waals surface area contributed by atoms with Gasteiger partial charge in [-0.25, -0.2) is 17.4 Å². The van der Waals surface area contributed by atoms with Crippen LogP contribution in [0, 0.1) is 5.92 Å². The van der Waals surface area contributed by atoms with Gasteiger partial charge in [0, 0.05) is 19.2 Å². The summed E-state index contributed by atoms with van der Waals surface area (Å²) in [5, 5.41) is 8.20. The van der Waals surface area contributed by atoms with E-state index in [-0.39, 0.29) is 5.75 Å². The molecule has 2 heterocycles. The summed E-state index contributed by atoms with van der Waals surface area (Å²) in [6, 6.07) is 13.5. The molecule has 0 unspecified atom stereocenters. The lowest BCUT2D eigenvalue weighted by molar-refractivity contribution is 0.263. The molecule has 1 fully saturated rings. The maximum atomic E-state index is 12.9. The molecule has 1 saturated heterocycles. The van der Waals surface area contributed by atoms with Crippen LogP contribution in [0.25, 0.3) is 11.0 Å². The molecule has 1 aliphatic rings. The molecule has 1 aliphatic heterocycles. The summed E-state index contributed by atoms with van der Waals surface area (Å²) in [7, 11) is -0.0193. The fourth-order valence-corrected chi connectivity index (χ4v) is 5.70. The molecule has 9 heteroatoms. The van der Waals surface area contributed by atoms with Gasteiger partial charge in [0.2, 0.25) is 10.0 Å². The Morgan fingerprint density at radius 2 is 1.72 bits per heavy atom. The third-order valence-electron chi connectivity index (χ3n) is 6.20. The summed E-state index contributed by atoms with van der Waals surface area (Å²) in [4.78, 5) is 0. The molecule has 1 aromatic heterocycles. The van der Waals surface area contributed by atoms with Crippen molar-refractivity contribution in [2.75, 3.05) is 33.1 Å². The zero-order valence-corrected chi connectivity index (χ0v) is 19.4. The van der Waals surface area contributed by atoms with E-state index in [1.165, 1.54) is 5.56 Å². The number of sulfonamides is 1. The first-order valence-corrected chi connectivity index (χ1v) is 12.6. The van der Waals surface area contributed by atoms with Crippen LogP contribution in [0.15, 0.2) is 42.5 Å². The van der Waals surface area contributed by atoms with Crippen molar-refractivity contribution < 1.29 is 17.9 Å². The van der Waals surface area contributed by atoms with Gasteiger partial charge in [0.05, 0.1) is 32.0 Å². The number of aromatic nitrogens is 3. The van der Waals surface area contributed by atoms with Crippen molar-refractivity contribution in [2.45, 2.75) is 32.2 Å². The average Bonchev–Trinajstić information content (AvgIpc) is 3.24. The van der Waals surface area contributed by atoms with Crippen LogP contribution >= 0.6 is 0 Å². The van der Waals surface area contributed by atoms with Crippen LogP contribution in [-0.4, -0.2) is 60.8 Å². The van der Waals surface area contributed by atoms with Crippen molar-refractivity contribution in [3.05, 3.63) is 48.0 Å². The number of ether oxygens (including phenoxy) is 2. The highest BCUT2D eigenvalue weighted by Gasteiger charge is 2.28. The highest BCUT2D eigenvalue weighted by atomic mass is 32.2. The fourth-order valence-electron chi connectivity index (χ4n) is 4.27. The molecule has 4 rings (SSSR count). The normalized spacial score (nSPS) is 15.8. The Kier molecular flexibility index (Phi) is 6.95. The number of aryl methyl sites for hydroxylation is 2. The Balaban J connectivity index is 1.28. The van der Waals surface area contributed by atoms with E-state index < -0.39 is 10.0 Å². The molecule has 8 nitrogen and oxygen atoms in total. The van der Waals surface area contributed by atoms with E-state index in [1.54, 1.807) is 23.2 Å². The van der Waals surface area contributed by atoms with Gasteiger partial charge in [-0.15, -0.1) is 5.10 Å². The van der Waals surface area contributed by atoms with E-state index in [4.69, 9.17) is 9.47 Å². The lowest BCUT2D eigenvalue weighted by atomic mass is 9.91. The zero-order valence-electron chi connectivity index (χ0n) is 18.6. The zero-order chi connectivity index (χ0) is 22.6. The highest BCUT2D eigenvalue weighted by Crippen LogP contribution is 2.27. The Hall–Kier alpha value is -2.65.